The Morgan fingerprint density at radius 3 is 2.93 bits per heavy atom. The first kappa shape index (κ1) is 18.2. The fraction of sp³-hybridized carbons (Fsp3) is 0.0526. The number of aryl methyl sites for hydroxylation is 1. The Bertz CT molecular complexity index is 1090. The minimum Gasteiger partial charge on any atom is -0.358 e. The van der Waals surface area contributed by atoms with E-state index in [0.717, 1.165) is 5.56 Å². The van der Waals surface area contributed by atoms with Gasteiger partial charge in [-0.05, 0) is 24.6 Å². The van der Waals surface area contributed by atoms with Gasteiger partial charge in [-0.1, -0.05) is 18.2 Å². The third-order valence-corrected chi connectivity index (χ3v) is 4.58. The molecule has 27 heavy (non-hydrogen) atoms. The fourth-order valence-corrected chi connectivity index (χ4v) is 3.14. The van der Waals surface area contributed by atoms with Crippen molar-refractivity contribution in [2.75, 3.05) is 5.32 Å². The van der Waals surface area contributed by atoms with E-state index in [1.165, 1.54) is 35.7 Å². The fourth-order valence-electron chi connectivity index (χ4n) is 2.35. The van der Waals surface area contributed by atoms with Crippen molar-refractivity contribution in [3.05, 3.63) is 80.5 Å². The highest BCUT2D eigenvalue weighted by molar-refractivity contribution is 7.11. The molecule has 0 radical (unpaired) electrons. The minimum absolute atomic E-state index is 0.0327. The van der Waals surface area contributed by atoms with Gasteiger partial charge in [0.2, 0.25) is 0 Å². The van der Waals surface area contributed by atoms with Crippen molar-refractivity contribution >= 4 is 28.3 Å². The van der Waals surface area contributed by atoms with Crippen LogP contribution in [-0.2, 0) is 0 Å². The standard InChI is InChI=1S/C19H13FN4O2S/c1-12-5-6-16(20)17(7-12)22-10-14(9-21)19-23-18(11-27-19)13-3-2-4-15(8-13)24(25)26/h2-8,10-11,22H,1H3. The van der Waals surface area contributed by atoms with Gasteiger partial charge >= 0.3 is 0 Å². The molecule has 0 aliphatic carbocycles. The van der Waals surface area contributed by atoms with Crippen molar-refractivity contribution in [1.29, 1.82) is 5.26 Å². The van der Waals surface area contributed by atoms with Crippen LogP contribution >= 0.6 is 11.3 Å². The SMILES string of the molecule is Cc1ccc(F)c(NC=C(C#N)c2nc(-c3cccc([N+](=O)[O-])c3)cs2)c1. The maximum Gasteiger partial charge on any atom is 0.270 e. The van der Waals surface area contributed by atoms with E-state index in [-0.39, 0.29) is 16.9 Å². The van der Waals surface area contributed by atoms with Crippen LogP contribution in [0.2, 0.25) is 0 Å². The van der Waals surface area contributed by atoms with Gasteiger partial charge < -0.3 is 5.32 Å². The molecule has 0 fully saturated rings. The van der Waals surface area contributed by atoms with Crippen LogP contribution < -0.4 is 5.32 Å². The Morgan fingerprint density at radius 2 is 2.19 bits per heavy atom. The van der Waals surface area contributed by atoms with Gasteiger partial charge in [-0.2, -0.15) is 5.26 Å². The number of nitrogens with one attached hydrogen (secondary N) is 1. The van der Waals surface area contributed by atoms with E-state index in [0.29, 0.717) is 16.3 Å². The summed E-state index contributed by atoms with van der Waals surface area (Å²) in [7, 11) is 0. The highest BCUT2D eigenvalue weighted by Gasteiger charge is 2.12. The number of nitro benzene ring substituents is 1. The number of aromatic nitrogens is 1. The first-order valence-electron chi connectivity index (χ1n) is 7.81. The van der Waals surface area contributed by atoms with Gasteiger partial charge in [-0.25, -0.2) is 9.37 Å². The van der Waals surface area contributed by atoms with Gasteiger partial charge in [0.25, 0.3) is 5.69 Å². The van der Waals surface area contributed by atoms with Crippen LogP contribution in [0.5, 0.6) is 0 Å². The third kappa shape index (κ3) is 4.16. The van der Waals surface area contributed by atoms with Crippen LogP contribution in [0.25, 0.3) is 16.8 Å². The van der Waals surface area contributed by atoms with E-state index in [9.17, 15) is 19.8 Å². The molecule has 0 spiro atoms. The summed E-state index contributed by atoms with van der Waals surface area (Å²) >= 11 is 1.23. The molecule has 134 valence electrons. The van der Waals surface area contributed by atoms with Crippen LogP contribution in [0.1, 0.15) is 10.6 Å². The first-order chi connectivity index (χ1) is 13.0. The van der Waals surface area contributed by atoms with Crippen LogP contribution in [0.4, 0.5) is 15.8 Å². The molecular weight excluding hydrogens is 367 g/mol. The summed E-state index contributed by atoms with van der Waals surface area (Å²) in [5.41, 5.74) is 2.46. The minimum atomic E-state index is -0.474. The average Bonchev–Trinajstić information content (AvgIpc) is 3.15. The monoisotopic (exact) mass is 380 g/mol. The van der Waals surface area contributed by atoms with Crippen molar-refractivity contribution in [3.8, 4) is 17.3 Å². The molecule has 2 aromatic carbocycles. The Kier molecular flexibility index (Phi) is 5.24. The highest BCUT2D eigenvalue weighted by atomic mass is 32.1. The number of allylic oxidation sites excluding steroid dienone is 1. The predicted octanol–water partition coefficient (Wildman–Crippen LogP) is 5.14. The van der Waals surface area contributed by atoms with Crippen molar-refractivity contribution in [2.24, 2.45) is 0 Å². The summed E-state index contributed by atoms with van der Waals surface area (Å²) in [6, 6.07) is 12.8. The maximum absolute atomic E-state index is 13.8. The maximum atomic E-state index is 13.8. The van der Waals surface area contributed by atoms with E-state index in [1.54, 1.807) is 29.6 Å². The van der Waals surface area contributed by atoms with Crippen molar-refractivity contribution in [2.45, 2.75) is 6.92 Å². The molecule has 1 heterocycles. The predicted molar refractivity (Wildman–Crippen MR) is 103 cm³/mol. The number of rotatable bonds is 5. The molecule has 6 nitrogen and oxygen atoms in total. The molecule has 8 heteroatoms. The molecule has 0 amide bonds. The van der Waals surface area contributed by atoms with Crippen LogP contribution in [0, 0.1) is 34.2 Å². The number of hydrogen-bond acceptors (Lipinski definition) is 6. The number of thiazole rings is 1. The molecule has 1 aromatic heterocycles. The van der Waals surface area contributed by atoms with Crippen LogP contribution in [0.3, 0.4) is 0 Å². The lowest BCUT2D eigenvalue weighted by Crippen LogP contribution is -1.94. The number of benzene rings is 2. The highest BCUT2D eigenvalue weighted by Crippen LogP contribution is 2.28. The molecule has 0 saturated carbocycles. The number of nitro groups is 1. The summed E-state index contributed by atoms with van der Waals surface area (Å²) in [6.45, 7) is 1.84. The number of nitriles is 1. The molecule has 0 saturated heterocycles. The van der Waals surface area contributed by atoms with E-state index in [1.807, 2.05) is 13.0 Å². The number of hydrogen-bond donors (Lipinski definition) is 1. The molecule has 0 aliphatic rings. The molecule has 0 unspecified atom stereocenters. The molecule has 0 aliphatic heterocycles. The van der Waals surface area contributed by atoms with E-state index in [4.69, 9.17) is 0 Å². The van der Waals surface area contributed by atoms with Crippen LogP contribution in [0.15, 0.2) is 54.0 Å². The summed E-state index contributed by atoms with van der Waals surface area (Å²) in [4.78, 5) is 14.8. The third-order valence-electron chi connectivity index (χ3n) is 3.70. The normalized spacial score (nSPS) is 11.1. The van der Waals surface area contributed by atoms with Crippen molar-refractivity contribution in [1.82, 2.24) is 4.98 Å². The Balaban J connectivity index is 1.87. The lowest BCUT2D eigenvalue weighted by atomic mass is 10.1. The van der Waals surface area contributed by atoms with E-state index >= 15 is 0 Å². The molecule has 3 rings (SSSR count). The largest absolute Gasteiger partial charge is 0.358 e. The van der Waals surface area contributed by atoms with Gasteiger partial charge in [0, 0.05) is 29.3 Å². The smallest absolute Gasteiger partial charge is 0.270 e. The quantitative estimate of drug-likeness (QED) is 0.376. The second-order valence-corrected chi connectivity index (χ2v) is 6.50. The summed E-state index contributed by atoms with van der Waals surface area (Å²) in [6.07, 6.45) is 1.40. The summed E-state index contributed by atoms with van der Waals surface area (Å²) < 4.78 is 13.8. The number of halogens is 1. The zero-order chi connectivity index (χ0) is 19.4. The molecule has 0 atom stereocenters. The molecule has 0 bridgehead atoms. The number of anilines is 1. The van der Waals surface area contributed by atoms with E-state index < -0.39 is 10.7 Å². The van der Waals surface area contributed by atoms with Crippen molar-refractivity contribution < 1.29 is 9.31 Å². The van der Waals surface area contributed by atoms with Gasteiger partial charge in [0.15, 0.2) is 0 Å². The van der Waals surface area contributed by atoms with Gasteiger partial charge in [-0.3, -0.25) is 10.1 Å². The van der Waals surface area contributed by atoms with Gasteiger partial charge in [-0.15, -0.1) is 11.3 Å². The molecule has 1 N–H and O–H groups in total. The second-order valence-electron chi connectivity index (χ2n) is 5.64. The Hall–Kier alpha value is -3.57. The molecular formula is C19H13FN4O2S. The lowest BCUT2D eigenvalue weighted by Gasteiger charge is -2.04. The first-order valence-corrected chi connectivity index (χ1v) is 8.69. The lowest BCUT2D eigenvalue weighted by molar-refractivity contribution is -0.384. The Labute approximate surface area is 158 Å². The van der Waals surface area contributed by atoms with Crippen LogP contribution in [-0.4, -0.2) is 9.91 Å². The zero-order valence-electron chi connectivity index (χ0n) is 14.1. The number of non-ortho nitro benzene ring substituents is 1. The Morgan fingerprint density at radius 1 is 1.37 bits per heavy atom. The topological polar surface area (TPSA) is 91.8 Å². The van der Waals surface area contributed by atoms with Gasteiger partial charge in [0.1, 0.15) is 22.5 Å². The van der Waals surface area contributed by atoms with E-state index in [2.05, 4.69) is 10.3 Å². The van der Waals surface area contributed by atoms with Gasteiger partial charge in [0.05, 0.1) is 16.3 Å². The van der Waals surface area contributed by atoms with Crippen molar-refractivity contribution in [3.63, 3.8) is 0 Å². The summed E-state index contributed by atoms with van der Waals surface area (Å²) in [5.74, 6) is -0.425. The zero-order valence-corrected chi connectivity index (χ0v) is 15.0. The summed E-state index contributed by atoms with van der Waals surface area (Å²) in [5, 5.41) is 25.3. The second kappa shape index (κ2) is 7.76. The number of nitrogens with zero attached hydrogens (tertiary/aromatic N) is 3. The molecule has 3 aromatic rings. The average molecular weight is 380 g/mol.